The van der Waals surface area contributed by atoms with Gasteiger partial charge in [0.15, 0.2) is 0 Å². The van der Waals surface area contributed by atoms with Crippen LogP contribution in [0.3, 0.4) is 0 Å². The van der Waals surface area contributed by atoms with Crippen molar-refractivity contribution in [2.75, 3.05) is 5.32 Å². The van der Waals surface area contributed by atoms with E-state index in [0.29, 0.717) is 6.61 Å². The average Bonchev–Trinajstić information content (AvgIpc) is 2.61. The van der Waals surface area contributed by atoms with Crippen molar-refractivity contribution in [3.8, 4) is 5.75 Å². The first-order chi connectivity index (χ1) is 11.5. The molecule has 25 heavy (non-hydrogen) atoms. The minimum atomic E-state index is -0.497. The minimum Gasteiger partial charge on any atom is -0.489 e. The lowest BCUT2D eigenvalue weighted by Crippen LogP contribution is -2.40. The van der Waals surface area contributed by atoms with Gasteiger partial charge >= 0.3 is 0 Å². The molecule has 0 fully saturated rings. The van der Waals surface area contributed by atoms with Crippen LogP contribution < -0.4 is 15.8 Å². The minimum absolute atomic E-state index is 0. The zero-order chi connectivity index (χ0) is 17.5. The Balaban J connectivity index is 0.00000312. The molecule has 0 aliphatic heterocycles. The number of nitrogens with one attached hydrogen (secondary N) is 1. The summed E-state index contributed by atoms with van der Waals surface area (Å²) in [7, 11) is 0. The molecular formula is C20H27ClN2O2. The Bertz CT molecular complexity index is 677. The summed E-state index contributed by atoms with van der Waals surface area (Å²) in [5.74, 6) is 0.782. The molecule has 1 amide bonds. The summed E-state index contributed by atoms with van der Waals surface area (Å²) >= 11 is 0. The fourth-order valence-corrected chi connectivity index (χ4v) is 2.34. The lowest BCUT2D eigenvalue weighted by atomic mass is 9.99. The van der Waals surface area contributed by atoms with Crippen LogP contribution in [0.25, 0.3) is 0 Å². The number of halogens is 1. The van der Waals surface area contributed by atoms with Gasteiger partial charge < -0.3 is 15.8 Å². The second-order valence-corrected chi connectivity index (χ2v) is 6.15. The Labute approximate surface area is 156 Å². The molecule has 0 heterocycles. The van der Waals surface area contributed by atoms with Gasteiger partial charge in [0.2, 0.25) is 5.91 Å². The smallest absolute Gasteiger partial charge is 0.241 e. The highest BCUT2D eigenvalue weighted by Crippen LogP contribution is 2.22. The van der Waals surface area contributed by atoms with Crippen molar-refractivity contribution in [1.82, 2.24) is 0 Å². The molecule has 0 spiro atoms. The molecule has 0 aliphatic carbocycles. The summed E-state index contributed by atoms with van der Waals surface area (Å²) in [5.41, 5.74) is 8.81. The van der Waals surface area contributed by atoms with Gasteiger partial charge in [-0.2, -0.15) is 0 Å². The topological polar surface area (TPSA) is 64.4 Å². The van der Waals surface area contributed by atoms with Crippen molar-refractivity contribution in [2.24, 2.45) is 11.7 Å². The Morgan fingerprint density at radius 1 is 1.20 bits per heavy atom. The van der Waals surface area contributed by atoms with E-state index < -0.39 is 6.04 Å². The molecule has 0 aliphatic rings. The summed E-state index contributed by atoms with van der Waals surface area (Å²) in [6, 6.07) is 15.2. The molecule has 3 N–H and O–H groups in total. The molecule has 0 aromatic heterocycles. The summed E-state index contributed by atoms with van der Waals surface area (Å²) in [4.78, 5) is 12.2. The number of nitrogens with two attached hydrogens (primary N) is 1. The van der Waals surface area contributed by atoms with Gasteiger partial charge in [0.1, 0.15) is 12.4 Å². The van der Waals surface area contributed by atoms with E-state index >= 15 is 0 Å². The maximum atomic E-state index is 12.2. The molecule has 2 unspecified atom stereocenters. The Morgan fingerprint density at radius 2 is 1.88 bits per heavy atom. The lowest BCUT2D eigenvalue weighted by molar-refractivity contribution is -0.118. The monoisotopic (exact) mass is 362 g/mol. The highest BCUT2D eigenvalue weighted by atomic mass is 35.5. The van der Waals surface area contributed by atoms with Crippen LogP contribution in [0, 0.1) is 12.8 Å². The van der Waals surface area contributed by atoms with Crippen LogP contribution in [0.5, 0.6) is 5.75 Å². The molecule has 4 nitrogen and oxygen atoms in total. The number of aryl methyl sites for hydroxylation is 1. The SMILES string of the molecule is CCC(C)C(N)C(=O)Nc1ccc(OCc2ccccc2)cc1C.Cl. The van der Waals surface area contributed by atoms with Crippen molar-refractivity contribution < 1.29 is 9.53 Å². The van der Waals surface area contributed by atoms with Crippen LogP contribution in [0.4, 0.5) is 5.69 Å². The van der Waals surface area contributed by atoms with Crippen LogP contribution in [0.15, 0.2) is 48.5 Å². The maximum Gasteiger partial charge on any atom is 0.241 e. The first kappa shape index (κ1) is 21.0. The number of carbonyl (C=O) groups excluding carboxylic acids is 1. The molecule has 0 bridgehead atoms. The molecule has 0 radical (unpaired) electrons. The van der Waals surface area contributed by atoms with Gasteiger partial charge in [0.25, 0.3) is 0 Å². The van der Waals surface area contributed by atoms with E-state index in [0.717, 1.165) is 29.0 Å². The van der Waals surface area contributed by atoms with Crippen molar-refractivity contribution in [1.29, 1.82) is 0 Å². The number of amides is 1. The predicted molar refractivity (Wildman–Crippen MR) is 105 cm³/mol. The Hall–Kier alpha value is -2.04. The van der Waals surface area contributed by atoms with Crippen LogP contribution in [-0.2, 0) is 11.4 Å². The highest BCUT2D eigenvalue weighted by Gasteiger charge is 2.19. The second-order valence-electron chi connectivity index (χ2n) is 6.15. The fraction of sp³-hybridized carbons (Fsp3) is 0.350. The largest absolute Gasteiger partial charge is 0.489 e. The molecule has 2 rings (SSSR count). The molecule has 136 valence electrons. The van der Waals surface area contributed by atoms with Crippen molar-refractivity contribution in [3.05, 3.63) is 59.7 Å². The number of hydrogen-bond acceptors (Lipinski definition) is 3. The summed E-state index contributed by atoms with van der Waals surface area (Å²) in [6.45, 7) is 6.48. The standard InChI is InChI=1S/C20H26N2O2.ClH/c1-4-14(2)19(21)20(23)22-18-11-10-17(12-15(18)3)24-13-16-8-6-5-7-9-16;/h5-12,14,19H,4,13,21H2,1-3H3,(H,22,23);1H. The van der Waals surface area contributed by atoms with E-state index in [1.807, 2.05) is 69.3 Å². The lowest BCUT2D eigenvalue weighted by Gasteiger charge is -2.19. The van der Waals surface area contributed by atoms with Crippen LogP contribution in [0.1, 0.15) is 31.4 Å². The summed E-state index contributed by atoms with van der Waals surface area (Å²) in [5, 5.41) is 2.91. The summed E-state index contributed by atoms with van der Waals surface area (Å²) < 4.78 is 5.80. The van der Waals surface area contributed by atoms with E-state index in [4.69, 9.17) is 10.5 Å². The molecule has 0 saturated carbocycles. The molecule has 2 aromatic carbocycles. The quantitative estimate of drug-likeness (QED) is 0.771. The van der Waals surface area contributed by atoms with Gasteiger partial charge in [0.05, 0.1) is 6.04 Å². The van der Waals surface area contributed by atoms with Crippen molar-refractivity contribution in [3.63, 3.8) is 0 Å². The zero-order valence-electron chi connectivity index (χ0n) is 15.0. The second kappa shape index (κ2) is 10.1. The first-order valence-electron chi connectivity index (χ1n) is 8.35. The fourth-order valence-electron chi connectivity index (χ4n) is 2.34. The van der Waals surface area contributed by atoms with E-state index in [-0.39, 0.29) is 24.2 Å². The van der Waals surface area contributed by atoms with Gasteiger partial charge in [-0.05, 0) is 42.2 Å². The zero-order valence-corrected chi connectivity index (χ0v) is 15.8. The number of ether oxygens (including phenoxy) is 1. The number of rotatable bonds is 7. The molecule has 5 heteroatoms. The van der Waals surface area contributed by atoms with Crippen molar-refractivity contribution in [2.45, 2.75) is 39.8 Å². The molecule has 0 saturated heterocycles. The normalized spacial score (nSPS) is 12.6. The van der Waals surface area contributed by atoms with Gasteiger partial charge in [-0.3, -0.25) is 4.79 Å². The summed E-state index contributed by atoms with van der Waals surface area (Å²) in [6.07, 6.45) is 0.875. The number of hydrogen-bond donors (Lipinski definition) is 2. The molecule has 2 aromatic rings. The highest BCUT2D eigenvalue weighted by molar-refractivity contribution is 5.95. The number of benzene rings is 2. The Kier molecular flexibility index (Phi) is 8.46. The number of anilines is 1. The van der Waals surface area contributed by atoms with Gasteiger partial charge in [-0.1, -0.05) is 50.6 Å². The maximum absolute atomic E-state index is 12.2. The average molecular weight is 363 g/mol. The van der Waals surface area contributed by atoms with Crippen molar-refractivity contribution >= 4 is 24.0 Å². The van der Waals surface area contributed by atoms with Crippen LogP contribution in [0.2, 0.25) is 0 Å². The Morgan fingerprint density at radius 3 is 2.48 bits per heavy atom. The van der Waals surface area contributed by atoms with Gasteiger partial charge in [-0.15, -0.1) is 12.4 Å². The predicted octanol–water partition coefficient (Wildman–Crippen LogP) is 4.31. The third-order valence-corrected chi connectivity index (χ3v) is 4.26. The third kappa shape index (κ3) is 6.07. The van der Waals surface area contributed by atoms with Gasteiger partial charge in [-0.25, -0.2) is 0 Å². The van der Waals surface area contributed by atoms with E-state index in [9.17, 15) is 4.79 Å². The third-order valence-electron chi connectivity index (χ3n) is 4.26. The van der Waals surface area contributed by atoms with E-state index in [1.165, 1.54) is 0 Å². The van der Waals surface area contributed by atoms with Crippen LogP contribution >= 0.6 is 12.4 Å². The van der Waals surface area contributed by atoms with Gasteiger partial charge in [0, 0.05) is 5.69 Å². The molecule has 2 atom stereocenters. The first-order valence-corrected chi connectivity index (χ1v) is 8.35. The van der Waals surface area contributed by atoms with E-state index in [2.05, 4.69) is 5.32 Å². The van der Waals surface area contributed by atoms with Crippen LogP contribution in [-0.4, -0.2) is 11.9 Å². The molecular weight excluding hydrogens is 336 g/mol. The number of carbonyl (C=O) groups is 1. The van der Waals surface area contributed by atoms with E-state index in [1.54, 1.807) is 0 Å².